The molecule has 6 nitrogen and oxygen atoms in total. The van der Waals surface area contributed by atoms with Gasteiger partial charge in [-0.15, -0.1) is 0 Å². The molecule has 1 atom stereocenters. The first-order valence-electron chi connectivity index (χ1n) is 13.2. The molecule has 3 aromatic rings. The molecule has 0 aliphatic heterocycles. The van der Waals surface area contributed by atoms with Crippen molar-refractivity contribution in [3.8, 4) is 16.8 Å². The lowest BCUT2D eigenvalue weighted by molar-refractivity contribution is -0.137. The summed E-state index contributed by atoms with van der Waals surface area (Å²) in [5, 5.41) is 7.94. The Kier molecular flexibility index (Phi) is 8.95. The Morgan fingerprint density at radius 1 is 0.973 bits per heavy atom. The predicted octanol–water partition coefficient (Wildman–Crippen LogP) is 6.79. The largest absolute Gasteiger partial charge is 0.331 e. The van der Waals surface area contributed by atoms with Crippen LogP contribution in [0.5, 0.6) is 0 Å². The van der Waals surface area contributed by atoms with E-state index in [2.05, 4.69) is 33.0 Å². The molecule has 1 heterocycles. The highest BCUT2D eigenvalue weighted by Crippen LogP contribution is 2.34. The number of aryl methyl sites for hydroxylation is 2. The molecule has 1 unspecified atom stereocenters. The second-order valence-electron chi connectivity index (χ2n) is 11.6. The molecular formula is C31H42N4O2. The molecule has 0 saturated heterocycles. The number of nitrogens with one attached hydrogen (secondary N) is 1. The molecule has 1 N–H and O–H groups in total. The maximum absolute atomic E-state index is 13.5. The molecule has 2 amide bonds. The van der Waals surface area contributed by atoms with E-state index < -0.39 is 0 Å². The molecule has 0 bridgehead atoms. The third-order valence-corrected chi connectivity index (χ3v) is 6.47. The van der Waals surface area contributed by atoms with Gasteiger partial charge in [0.1, 0.15) is 12.4 Å². The van der Waals surface area contributed by atoms with Crippen molar-refractivity contribution in [2.24, 2.45) is 11.3 Å². The summed E-state index contributed by atoms with van der Waals surface area (Å²) >= 11 is 0. The third kappa shape index (κ3) is 7.31. The van der Waals surface area contributed by atoms with Gasteiger partial charge in [-0.25, -0.2) is 4.68 Å². The number of carbonyl (C=O) groups is 2. The number of aromatic nitrogens is 2. The van der Waals surface area contributed by atoms with Gasteiger partial charge in [-0.3, -0.25) is 9.59 Å². The van der Waals surface area contributed by atoms with Crippen LogP contribution >= 0.6 is 0 Å². The summed E-state index contributed by atoms with van der Waals surface area (Å²) < 4.78 is 1.80. The molecule has 198 valence electrons. The molecule has 2 aromatic carbocycles. The van der Waals surface area contributed by atoms with Crippen LogP contribution in [0.2, 0.25) is 0 Å². The second-order valence-corrected chi connectivity index (χ2v) is 11.6. The Labute approximate surface area is 222 Å². The molecule has 1 aromatic heterocycles. The fourth-order valence-electron chi connectivity index (χ4n) is 4.99. The highest BCUT2D eigenvalue weighted by molar-refractivity contribution is 5.98. The topological polar surface area (TPSA) is 67.2 Å². The van der Waals surface area contributed by atoms with Crippen molar-refractivity contribution in [3.63, 3.8) is 0 Å². The summed E-state index contributed by atoms with van der Waals surface area (Å²) in [5.41, 5.74) is 4.76. The van der Waals surface area contributed by atoms with Crippen molar-refractivity contribution >= 4 is 17.6 Å². The van der Waals surface area contributed by atoms with Crippen LogP contribution in [-0.4, -0.2) is 39.1 Å². The smallest absolute Gasteiger partial charge is 0.245 e. The Hall–Kier alpha value is -3.41. The number of benzene rings is 2. The number of anilines is 1. The third-order valence-electron chi connectivity index (χ3n) is 6.47. The van der Waals surface area contributed by atoms with E-state index in [0.29, 0.717) is 12.2 Å². The van der Waals surface area contributed by atoms with Gasteiger partial charge >= 0.3 is 0 Å². The second kappa shape index (κ2) is 11.8. The first kappa shape index (κ1) is 28.2. The normalized spacial score (nSPS) is 12.5. The van der Waals surface area contributed by atoms with Gasteiger partial charge in [-0.1, -0.05) is 76.2 Å². The molecule has 0 saturated carbocycles. The summed E-state index contributed by atoms with van der Waals surface area (Å²) in [6.45, 7) is 16.5. The van der Waals surface area contributed by atoms with E-state index in [1.54, 1.807) is 9.58 Å². The van der Waals surface area contributed by atoms with Crippen LogP contribution in [-0.2, 0) is 9.59 Å². The lowest BCUT2D eigenvalue weighted by Gasteiger charge is -2.29. The van der Waals surface area contributed by atoms with Gasteiger partial charge in [0.15, 0.2) is 0 Å². The number of rotatable bonds is 9. The van der Waals surface area contributed by atoms with E-state index in [1.165, 1.54) is 0 Å². The lowest BCUT2D eigenvalue weighted by atomic mass is 9.84. The fourth-order valence-corrected chi connectivity index (χ4v) is 4.99. The van der Waals surface area contributed by atoms with Gasteiger partial charge in [0, 0.05) is 18.0 Å². The Morgan fingerprint density at radius 2 is 1.59 bits per heavy atom. The van der Waals surface area contributed by atoms with E-state index >= 15 is 0 Å². The fraction of sp³-hybridized carbons (Fsp3) is 0.452. The van der Waals surface area contributed by atoms with Crippen molar-refractivity contribution in [3.05, 3.63) is 65.9 Å². The maximum Gasteiger partial charge on any atom is 0.245 e. The number of amides is 2. The van der Waals surface area contributed by atoms with Crippen LogP contribution < -0.4 is 5.32 Å². The van der Waals surface area contributed by atoms with Gasteiger partial charge < -0.3 is 10.2 Å². The zero-order chi connectivity index (χ0) is 27.3. The predicted molar refractivity (Wildman–Crippen MR) is 152 cm³/mol. The minimum atomic E-state index is -0.238. The van der Waals surface area contributed by atoms with Gasteiger partial charge in [-0.2, -0.15) is 5.10 Å². The SMILES string of the molecule is Cc1ccccc1-n1nc(C)c(-c2ccccc2)c1NC(=O)CN(C(=O)CC(C)CC(C)(C)C)C(C)C. The zero-order valence-corrected chi connectivity index (χ0v) is 23.6. The first-order valence-corrected chi connectivity index (χ1v) is 13.2. The summed E-state index contributed by atoms with van der Waals surface area (Å²) in [7, 11) is 0. The minimum absolute atomic E-state index is 0.00812. The molecular weight excluding hydrogens is 460 g/mol. The number of hydrogen-bond donors (Lipinski definition) is 1. The van der Waals surface area contributed by atoms with E-state index in [-0.39, 0.29) is 35.7 Å². The van der Waals surface area contributed by atoms with Crippen LogP contribution in [0.3, 0.4) is 0 Å². The number of carbonyl (C=O) groups excluding carboxylic acids is 2. The highest BCUT2D eigenvalue weighted by atomic mass is 16.2. The number of hydrogen-bond acceptors (Lipinski definition) is 3. The maximum atomic E-state index is 13.5. The zero-order valence-electron chi connectivity index (χ0n) is 23.6. The van der Waals surface area contributed by atoms with Crippen LogP contribution in [0.25, 0.3) is 16.8 Å². The van der Waals surface area contributed by atoms with Crippen molar-refractivity contribution in [2.75, 3.05) is 11.9 Å². The van der Waals surface area contributed by atoms with E-state index in [9.17, 15) is 9.59 Å². The van der Waals surface area contributed by atoms with E-state index in [4.69, 9.17) is 5.10 Å². The molecule has 0 aliphatic carbocycles. The van der Waals surface area contributed by atoms with Gasteiger partial charge in [0.25, 0.3) is 0 Å². The average Bonchev–Trinajstić information content (AvgIpc) is 3.12. The summed E-state index contributed by atoms with van der Waals surface area (Å²) in [6, 6.07) is 17.8. The molecule has 3 rings (SSSR count). The van der Waals surface area contributed by atoms with Crippen molar-refractivity contribution in [2.45, 2.75) is 74.3 Å². The Morgan fingerprint density at radius 3 is 2.19 bits per heavy atom. The average molecular weight is 503 g/mol. The molecule has 0 fully saturated rings. The van der Waals surface area contributed by atoms with Crippen molar-refractivity contribution < 1.29 is 9.59 Å². The number of para-hydroxylation sites is 1. The Bertz CT molecular complexity index is 1220. The standard InChI is InChI=1S/C31H42N4O2/c1-21(2)34(28(37)18-22(3)19-31(6,7)8)20-27(36)32-30-29(25-15-10-9-11-16-25)24(5)33-35(30)26-17-13-12-14-23(26)4/h9-17,21-22H,18-20H2,1-8H3,(H,32,36). The molecule has 37 heavy (non-hydrogen) atoms. The first-order chi connectivity index (χ1) is 17.4. The van der Waals surface area contributed by atoms with Crippen molar-refractivity contribution in [1.82, 2.24) is 14.7 Å². The summed E-state index contributed by atoms with van der Waals surface area (Å²) in [6.07, 6.45) is 1.38. The molecule has 0 spiro atoms. The molecule has 0 radical (unpaired) electrons. The van der Waals surface area contributed by atoms with E-state index in [1.807, 2.05) is 82.3 Å². The van der Waals surface area contributed by atoms with Crippen LogP contribution in [0.15, 0.2) is 54.6 Å². The van der Waals surface area contributed by atoms with Gasteiger partial charge in [0.2, 0.25) is 11.8 Å². The van der Waals surface area contributed by atoms with Gasteiger partial charge in [-0.05, 0) is 62.6 Å². The van der Waals surface area contributed by atoms with Gasteiger partial charge in [0.05, 0.1) is 11.4 Å². The monoisotopic (exact) mass is 502 g/mol. The number of nitrogens with zero attached hydrogens (tertiary/aromatic N) is 3. The highest BCUT2D eigenvalue weighted by Gasteiger charge is 2.26. The van der Waals surface area contributed by atoms with Crippen molar-refractivity contribution in [1.29, 1.82) is 0 Å². The summed E-state index contributed by atoms with van der Waals surface area (Å²) in [4.78, 5) is 28.4. The van der Waals surface area contributed by atoms with Crippen LogP contribution in [0.4, 0.5) is 5.82 Å². The minimum Gasteiger partial charge on any atom is -0.331 e. The molecule has 6 heteroatoms. The Balaban J connectivity index is 1.91. The van der Waals surface area contributed by atoms with Crippen LogP contribution in [0.1, 0.15) is 65.6 Å². The molecule has 0 aliphatic rings. The quantitative estimate of drug-likeness (QED) is 0.350. The lowest BCUT2D eigenvalue weighted by Crippen LogP contribution is -2.43. The van der Waals surface area contributed by atoms with E-state index in [0.717, 1.165) is 34.5 Å². The van der Waals surface area contributed by atoms with Crippen LogP contribution in [0, 0.1) is 25.2 Å². The summed E-state index contributed by atoms with van der Waals surface area (Å²) in [5.74, 6) is 0.623.